The summed E-state index contributed by atoms with van der Waals surface area (Å²) in [6.45, 7) is 6.03. The van der Waals surface area contributed by atoms with E-state index in [1.54, 1.807) is 7.11 Å². The highest BCUT2D eigenvalue weighted by atomic mass is 16.8. The van der Waals surface area contributed by atoms with E-state index >= 15 is 0 Å². The molecule has 0 amide bonds. The van der Waals surface area contributed by atoms with Gasteiger partial charge in [0.1, 0.15) is 31.3 Å². The van der Waals surface area contributed by atoms with Crippen LogP contribution in [0.3, 0.4) is 0 Å². The van der Waals surface area contributed by atoms with Gasteiger partial charge in [0.25, 0.3) is 0 Å². The van der Waals surface area contributed by atoms with E-state index in [1.165, 1.54) is 11.1 Å². The van der Waals surface area contributed by atoms with Gasteiger partial charge in [-0.25, -0.2) is 0 Å². The quantitative estimate of drug-likeness (QED) is 0.463. The Balaban J connectivity index is 1.57. The molecule has 162 valence electrons. The molecule has 0 aromatic heterocycles. The van der Waals surface area contributed by atoms with Gasteiger partial charge < -0.3 is 23.7 Å². The molecule has 0 N–H and O–H groups in total. The van der Waals surface area contributed by atoms with Crippen LogP contribution in [0.1, 0.15) is 25.0 Å². The minimum atomic E-state index is -0.651. The average Bonchev–Trinajstić information content (AvgIpc) is 3.23. The van der Waals surface area contributed by atoms with Crippen molar-refractivity contribution in [1.82, 2.24) is 4.90 Å². The van der Waals surface area contributed by atoms with Crippen molar-refractivity contribution in [3.8, 4) is 0 Å². The van der Waals surface area contributed by atoms with Gasteiger partial charge in [0.05, 0.1) is 6.61 Å². The monoisotopic (exact) mass is 413 g/mol. The third-order valence-electron chi connectivity index (χ3n) is 5.43. The van der Waals surface area contributed by atoms with Crippen LogP contribution in [0.4, 0.5) is 0 Å². The summed E-state index contributed by atoms with van der Waals surface area (Å²) in [5.74, 6) is -0.651. The van der Waals surface area contributed by atoms with Crippen molar-refractivity contribution in [2.75, 3.05) is 20.5 Å². The summed E-state index contributed by atoms with van der Waals surface area (Å²) in [4.78, 5) is 2.32. The van der Waals surface area contributed by atoms with Gasteiger partial charge in [-0.05, 0) is 25.0 Å². The fourth-order valence-electron chi connectivity index (χ4n) is 4.21. The Bertz CT molecular complexity index is 743. The number of rotatable bonds is 9. The first-order chi connectivity index (χ1) is 14.6. The molecular formula is C24H31NO5. The van der Waals surface area contributed by atoms with E-state index in [0.29, 0.717) is 6.61 Å². The largest absolute Gasteiger partial charge is 0.359 e. The number of benzene rings is 2. The van der Waals surface area contributed by atoms with E-state index in [-0.39, 0.29) is 31.3 Å². The topological polar surface area (TPSA) is 49.4 Å². The summed E-state index contributed by atoms with van der Waals surface area (Å²) in [6.07, 6.45) is -0.834. The summed E-state index contributed by atoms with van der Waals surface area (Å²) in [5, 5.41) is 0. The summed E-state index contributed by atoms with van der Waals surface area (Å²) >= 11 is 0. The molecular weight excluding hydrogens is 382 g/mol. The van der Waals surface area contributed by atoms with Crippen LogP contribution in [0.2, 0.25) is 0 Å². The molecule has 0 unspecified atom stereocenters. The van der Waals surface area contributed by atoms with Gasteiger partial charge in [0.15, 0.2) is 5.79 Å². The highest BCUT2D eigenvalue weighted by Crippen LogP contribution is 2.40. The van der Waals surface area contributed by atoms with Crippen molar-refractivity contribution < 1.29 is 23.7 Å². The lowest BCUT2D eigenvalue weighted by molar-refractivity contribution is -0.215. The maximum atomic E-state index is 6.47. The summed E-state index contributed by atoms with van der Waals surface area (Å²) in [6, 6.07) is 20.9. The van der Waals surface area contributed by atoms with E-state index in [9.17, 15) is 0 Å². The van der Waals surface area contributed by atoms with Gasteiger partial charge in [0.2, 0.25) is 0 Å². The van der Waals surface area contributed by atoms with Gasteiger partial charge in [-0.1, -0.05) is 60.7 Å². The Morgan fingerprint density at radius 1 is 0.867 bits per heavy atom. The standard InChI is InChI=1S/C24H31NO5/c1-24(2)29-21-20(16-27-17-26-3)28-23(22(21)30-24)25(14-18-10-6-4-7-11-18)15-19-12-8-5-9-13-19/h4-13,20-23H,14-17H2,1-3H3/t20-,21-,22-,23-/m1/s1. The zero-order valence-electron chi connectivity index (χ0n) is 17.9. The Kier molecular flexibility index (Phi) is 6.83. The third-order valence-corrected chi connectivity index (χ3v) is 5.43. The number of ether oxygens (including phenoxy) is 5. The Morgan fingerprint density at radius 3 is 2.00 bits per heavy atom. The van der Waals surface area contributed by atoms with Crippen LogP contribution in [-0.2, 0) is 36.8 Å². The highest BCUT2D eigenvalue weighted by molar-refractivity contribution is 5.18. The zero-order valence-corrected chi connectivity index (χ0v) is 17.9. The molecule has 0 aliphatic carbocycles. The van der Waals surface area contributed by atoms with Crippen molar-refractivity contribution in [3.63, 3.8) is 0 Å². The van der Waals surface area contributed by atoms with E-state index in [2.05, 4.69) is 53.4 Å². The molecule has 0 bridgehead atoms. The van der Waals surface area contributed by atoms with E-state index in [0.717, 1.165) is 13.1 Å². The first kappa shape index (κ1) is 21.4. The van der Waals surface area contributed by atoms with Crippen LogP contribution >= 0.6 is 0 Å². The SMILES string of the molecule is COCOC[C@H]1O[C@@H](N(Cc2ccccc2)Cc2ccccc2)[C@@H]2OC(C)(C)O[C@@H]21. The highest BCUT2D eigenvalue weighted by Gasteiger charge is 2.56. The molecule has 6 heteroatoms. The van der Waals surface area contributed by atoms with Crippen molar-refractivity contribution >= 4 is 0 Å². The first-order valence-electron chi connectivity index (χ1n) is 10.5. The first-order valence-corrected chi connectivity index (χ1v) is 10.5. The number of hydrogen-bond acceptors (Lipinski definition) is 6. The Hall–Kier alpha value is -1.80. The molecule has 2 aliphatic heterocycles. The average molecular weight is 414 g/mol. The second-order valence-electron chi connectivity index (χ2n) is 8.28. The van der Waals surface area contributed by atoms with Gasteiger partial charge in [-0.3, -0.25) is 4.90 Å². The molecule has 2 aliphatic rings. The van der Waals surface area contributed by atoms with Crippen LogP contribution in [0.25, 0.3) is 0 Å². The molecule has 4 atom stereocenters. The molecule has 2 heterocycles. The Labute approximate surface area is 178 Å². The molecule has 2 fully saturated rings. The molecule has 6 nitrogen and oxygen atoms in total. The molecule has 30 heavy (non-hydrogen) atoms. The maximum Gasteiger partial charge on any atom is 0.164 e. The van der Waals surface area contributed by atoms with Crippen LogP contribution in [0, 0.1) is 0 Å². The van der Waals surface area contributed by atoms with Crippen LogP contribution < -0.4 is 0 Å². The van der Waals surface area contributed by atoms with Crippen molar-refractivity contribution in [1.29, 1.82) is 0 Å². The minimum absolute atomic E-state index is 0.184. The maximum absolute atomic E-state index is 6.47. The zero-order chi connectivity index (χ0) is 21.0. The number of hydrogen-bond donors (Lipinski definition) is 0. The summed E-state index contributed by atoms with van der Waals surface area (Å²) < 4.78 is 29.6. The summed E-state index contributed by atoms with van der Waals surface area (Å²) in [5.41, 5.74) is 2.46. The summed E-state index contributed by atoms with van der Waals surface area (Å²) in [7, 11) is 1.61. The molecule has 0 radical (unpaired) electrons. The number of fused-ring (bicyclic) bond motifs is 1. The molecule has 0 saturated carbocycles. The minimum Gasteiger partial charge on any atom is -0.359 e. The molecule has 4 rings (SSSR count). The van der Waals surface area contributed by atoms with Gasteiger partial charge in [-0.15, -0.1) is 0 Å². The second kappa shape index (κ2) is 9.56. The van der Waals surface area contributed by atoms with Crippen molar-refractivity contribution in [2.45, 2.75) is 57.3 Å². The number of methoxy groups -OCH3 is 1. The molecule has 2 aromatic carbocycles. The Morgan fingerprint density at radius 2 is 1.43 bits per heavy atom. The van der Waals surface area contributed by atoms with E-state index in [4.69, 9.17) is 23.7 Å². The predicted molar refractivity (Wildman–Crippen MR) is 112 cm³/mol. The molecule has 2 saturated heterocycles. The van der Waals surface area contributed by atoms with Gasteiger partial charge in [-0.2, -0.15) is 0 Å². The predicted octanol–water partition coefficient (Wildman–Crippen LogP) is 3.55. The van der Waals surface area contributed by atoms with E-state index < -0.39 is 5.79 Å². The van der Waals surface area contributed by atoms with Crippen LogP contribution in [0.5, 0.6) is 0 Å². The van der Waals surface area contributed by atoms with E-state index in [1.807, 2.05) is 26.0 Å². The fraction of sp³-hybridized carbons (Fsp3) is 0.500. The van der Waals surface area contributed by atoms with Gasteiger partial charge in [0, 0.05) is 20.2 Å². The van der Waals surface area contributed by atoms with Gasteiger partial charge >= 0.3 is 0 Å². The van der Waals surface area contributed by atoms with Crippen molar-refractivity contribution in [3.05, 3.63) is 71.8 Å². The van der Waals surface area contributed by atoms with Crippen LogP contribution in [0.15, 0.2) is 60.7 Å². The smallest absolute Gasteiger partial charge is 0.164 e. The molecule has 2 aromatic rings. The number of nitrogens with zero attached hydrogens (tertiary/aromatic N) is 1. The normalized spacial score (nSPS) is 27.5. The lowest BCUT2D eigenvalue weighted by Gasteiger charge is -2.32. The molecule has 0 spiro atoms. The second-order valence-corrected chi connectivity index (χ2v) is 8.28. The fourth-order valence-corrected chi connectivity index (χ4v) is 4.21. The third kappa shape index (κ3) is 5.09. The van der Waals surface area contributed by atoms with Crippen LogP contribution in [-0.4, -0.2) is 55.7 Å². The lowest BCUT2D eigenvalue weighted by Crippen LogP contribution is -2.43. The lowest BCUT2D eigenvalue weighted by atomic mass is 10.1. The van der Waals surface area contributed by atoms with Crippen molar-refractivity contribution in [2.24, 2.45) is 0 Å².